The first-order chi connectivity index (χ1) is 10.6. The first-order valence-corrected chi connectivity index (χ1v) is 8.11. The number of aryl methyl sites for hydroxylation is 1. The molecule has 0 N–H and O–H groups in total. The molecule has 5 nitrogen and oxygen atoms in total. The SMILES string of the molecule is Cc1ncc(-c2nccnc2[C@@H]2CCCN(C(C)C)C2)n1C. The minimum Gasteiger partial charge on any atom is -0.330 e. The Balaban J connectivity index is 1.96. The monoisotopic (exact) mass is 299 g/mol. The molecule has 118 valence electrons. The summed E-state index contributed by atoms with van der Waals surface area (Å²) < 4.78 is 2.09. The van der Waals surface area contributed by atoms with Gasteiger partial charge >= 0.3 is 0 Å². The fraction of sp³-hybridized carbons (Fsp3) is 0.588. The number of rotatable bonds is 3. The lowest BCUT2D eigenvalue weighted by molar-refractivity contribution is 0.166. The molecule has 1 aliphatic rings. The second kappa shape index (κ2) is 6.16. The Bertz CT molecular complexity index is 646. The third-order valence-corrected chi connectivity index (χ3v) is 4.76. The molecule has 22 heavy (non-hydrogen) atoms. The van der Waals surface area contributed by atoms with Gasteiger partial charge in [-0.05, 0) is 40.2 Å². The van der Waals surface area contributed by atoms with Crippen LogP contribution < -0.4 is 0 Å². The summed E-state index contributed by atoms with van der Waals surface area (Å²) >= 11 is 0. The maximum Gasteiger partial charge on any atom is 0.110 e. The summed E-state index contributed by atoms with van der Waals surface area (Å²) in [5, 5.41) is 0. The molecule has 3 rings (SSSR count). The van der Waals surface area contributed by atoms with Crippen LogP contribution in [0.5, 0.6) is 0 Å². The highest BCUT2D eigenvalue weighted by Gasteiger charge is 2.27. The molecule has 2 aromatic rings. The Morgan fingerprint density at radius 3 is 2.64 bits per heavy atom. The van der Waals surface area contributed by atoms with Crippen LogP contribution in [0.3, 0.4) is 0 Å². The molecule has 0 amide bonds. The number of nitrogens with zero attached hydrogens (tertiary/aromatic N) is 5. The molecular formula is C17H25N5. The first kappa shape index (κ1) is 15.2. The van der Waals surface area contributed by atoms with Crippen molar-refractivity contribution < 1.29 is 0 Å². The molecule has 1 aliphatic heterocycles. The molecule has 1 atom stereocenters. The minimum atomic E-state index is 0.454. The van der Waals surface area contributed by atoms with Gasteiger partial charge < -0.3 is 9.47 Å². The second-order valence-corrected chi connectivity index (χ2v) is 6.47. The largest absolute Gasteiger partial charge is 0.330 e. The summed E-state index contributed by atoms with van der Waals surface area (Å²) in [6, 6.07) is 0.585. The van der Waals surface area contributed by atoms with Gasteiger partial charge in [-0.2, -0.15) is 0 Å². The van der Waals surface area contributed by atoms with Gasteiger partial charge in [-0.25, -0.2) is 4.98 Å². The smallest absolute Gasteiger partial charge is 0.110 e. The van der Waals surface area contributed by atoms with Gasteiger partial charge in [0, 0.05) is 37.9 Å². The van der Waals surface area contributed by atoms with E-state index in [0.29, 0.717) is 12.0 Å². The molecule has 0 unspecified atom stereocenters. The molecule has 1 fully saturated rings. The van der Waals surface area contributed by atoms with E-state index in [0.717, 1.165) is 29.5 Å². The standard InChI is InChI=1S/C17H25N5/c1-12(2)22-9-5-6-14(11-22)16-17(19-8-7-18-16)15-10-20-13(3)21(15)4/h7-8,10,12,14H,5-6,9,11H2,1-4H3/t14-/m1/s1. The van der Waals surface area contributed by atoms with Gasteiger partial charge in [0.2, 0.25) is 0 Å². The molecule has 0 bridgehead atoms. The Labute approximate surface area is 132 Å². The number of aromatic nitrogens is 4. The van der Waals surface area contributed by atoms with Gasteiger partial charge in [0.25, 0.3) is 0 Å². The average Bonchev–Trinajstić information content (AvgIpc) is 2.87. The van der Waals surface area contributed by atoms with Crippen LogP contribution in [-0.4, -0.2) is 43.6 Å². The fourth-order valence-corrected chi connectivity index (χ4v) is 3.27. The topological polar surface area (TPSA) is 46.8 Å². The predicted octanol–water partition coefficient (Wildman–Crippen LogP) is 2.77. The third-order valence-electron chi connectivity index (χ3n) is 4.76. The van der Waals surface area contributed by atoms with Crippen molar-refractivity contribution in [2.45, 2.75) is 45.6 Å². The van der Waals surface area contributed by atoms with E-state index in [2.05, 4.69) is 33.3 Å². The van der Waals surface area contributed by atoms with E-state index in [1.807, 2.05) is 26.4 Å². The zero-order valence-corrected chi connectivity index (χ0v) is 14.0. The maximum absolute atomic E-state index is 4.69. The summed E-state index contributed by atoms with van der Waals surface area (Å²) in [4.78, 5) is 16.3. The molecule has 0 aromatic carbocycles. The average molecular weight is 299 g/mol. The van der Waals surface area contributed by atoms with Crippen LogP contribution in [-0.2, 0) is 7.05 Å². The van der Waals surface area contributed by atoms with E-state index >= 15 is 0 Å². The number of hydrogen-bond acceptors (Lipinski definition) is 4. The van der Waals surface area contributed by atoms with Gasteiger partial charge in [-0.3, -0.25) is 9.97 Å². The molecule has 5 heteroatoms. The van der Waals surface area contributed by atoms with Gasteiger partial charge in [-0.15, -0.1) is 0 Å². The highest BCUT2D eigenvalue weighted by atomic mass is 15.2. The fourth-order valence-electron chi connectivity index (χ4n) is 3.27. The highest BCUT2D eigenvalue weighted by Crippen LogP contribution is 2.32. The van der Waals surface area contributed by atoms with E-state index in [9.17, 15) is 0 Å². The lowest BCUT2D eigenvalue weighted by atomic mass is 9.92. The molecule has 2 aromatic heterocycles. The number of hydrogen-bond donors (Lipinski definition) is 0. The van der Waals surface area contributed by atoms with Crippen LogP contribution in [0.4, 0.5) is 0 Å². The molecular weight excluding hydrogens is 274 g/mol. The van der Waals surface area contributed by atoms with Crippen molar-refractivity contribution in [2.24, 2.45) is 7.05 Å². The van der Waals surface area contributed by atoms with E-state index in [4.69, 9.17) is 4.98 Å². The first-order valence-electron chi connectivity index (χ1n) is 8.11. The summed E-state index contributed by atoms with van der Waals surface area (Å²) in [7, 11) is 2.04. The third kappa shape index (κ3) is 2.77. The zero-order chi connectivity index (χ0) is 15.7. The molecule has 3 heterocycles. The summed E-state index contributed by atoms with van der Waals surface area (Å²) in [6.07, 6.45) is 7.92. The van der Waals surface area contributed by atoms with Crippen molar-refractivity contribution >= 4 is 0 Å². The highest BCUT2D eigenvalue weighted by molar-refractivity contribution is 5.58. The summed E-state index contributed by atoms with van der Waals surface area (Å²) in [6.45, 7) is 8.81. The lowest BCUT2D eigenvalue weighted by Crippen LogP contribution is -2.39. The Morgan fingerprint density at radius 2 is 1.95 bits per heavy atom. The van der Waals surface area contributed by atoms with Crippen LogP contribution in [0.1, 0.15) is 44.1 Å². The molecule has 0 aliphatic carbocycles. The molecule has 1 saturated heterocycles. The predicted molar refractivity (Wildman–Crippen MR) is 87.7 cm³/mol. The van der Waals surface area contributed by atoms with Gasteiger partial charge in [0.15, 0.2) is 0 Å². The van der Waals surface area contributed by atoms with Crippen LogP contribution in [0.25, 0.3) is 11.4 Å². The van der Waals surface area contributed by atoms with Crippen molar-refractivity contribution in [3.8, 4) is 11.4 Å². The van der Waals surface area contributed by atoms with Crippen LogP contribution >= 0.6 is 0 Å². The van der Waals surface area contributed by atoms with Crippen molar-refractivity contribution in [1.82, 2.24) is 24.4 Å². The molecule has 0 spiro atoms. The van der Waals surface area contributed by atoms with E-state index < -0.39 is 0 Å². The van der Waals surface area contributed by atoms with E-state index in [1.54, 1.807) is 6.20 Å². The van der Waals surface area contributed by atoms with Crippen LogP contribution in [0.15, 0.2) is 18.6 Å². The van der Waals surface area contributed by atoms with Crippen LogP contribution in [0.2, 0.25) is 0 Å². The number of likely N-dealkylation sites (tertiary alicyclic amines) is 1. The van der Waals surface area contributed by atoms with Gasteiger partial charge in [0.1, 0.15) is 11.5 Å². The lowest BCUT2D eigenvalue weighted by Gasteiger charge is -2.35. The van der Waals surface area contributed by atoms with Gasteiger partial charge in [0.05, 0.1) is 17.6 Å². The number of piperidine rings is 1. The second-order valence-electron chi connectivity index (χ2n) is 6.47. The van der Waals surface area contributed by atoms with Crippen LogP contribution in [0, 0.1) is 6.92 Å². The zero-order valence-electron chi connectivity index (χ0n) is 14.0. The maximum atomic E-state index is 4.69. The summed E-state index contributed by atoms with van der Waals surface area (Å²) in [5.74, 6) is 1.45. The van der Waals surface area contributed by atoms with Gasteiger partial charge in [-0.1, -0.05) is 0 Å². The molecule has 0 radical (unpaired) electrons. The Kier molecular flexibility index (Phi) is 4.25. The minimum absolute atomic E-state index is 0.454. The summed E-state index contributed by atoms with van der Waals surface area (Å²) in [5.41, 5.74) is 3.17. The van der Waals surface area contributed by atoms with Crippen molar-refractivity contribution in [1.29, 1.82) is 0 Å². The van der Waals surface area contributed by atoms with E-state index in [1.165, 1.54) is 19.4 Å². The van der Waals surface area contributed by atoms with Crippen molar-refractivity contribution in [3.63, 3.8) is 0 Å². The Morgan fingerprint density at radius 1 is 1.18 bits per heavy atom. The normalized spacial score (nSPS) is 19.8. The van der Waals surface area contributed by atoms with Crippen molar-refractivity contribution in [2.75, 3.05) is 13.1 Å². The quantitative estimate of drug-likeness (QED) is 0.874. The van der Waals surface area contributed by atoms with Crippen molar-refractivity contribution in [3.05, 3.63) is 30.1 Å². The number of imidazole rings is 1. The molecule has 0 saturated carbocycles. The Hall–Kier alpha value is -1.75. The van der Waals surface area contributed by atoms with E-state index in [-0.39, 0.29) is 0 Å².